The van der Waals surface area contributed by atoms with Crippen molar-refractivity contribution in [3.63, 3.8) is 0 Å². The summed E-state index contributed by atoms with van der Waals surface area (Å²) < 4.78 is 7.27. The van der Waals surface area contributed by atoms with Gasteiger partial charge in [0.05, 0.1) is 7.11 Å². The van der Waals surface area contributed by atoms with Crippen molar-refractivity contribution >= 4 is 11.9 Å². The van der Waals surface area contributed by atoms with E-state index in [1.165, 1.54) is 0 Å². The van der Waals surface area contributed by atoms with Crippen molar-refractivity contribution < 1.29 is 14.3 Å². The molecule has 166 valence electrons. The van der Waals surface area contributed by atoms with Gasteiger partial charge in [0.1, 0.15) is 17.6 Å². The number of hydrogen-bond donors (Lipinski definition) is 1. The highest BCUT2D eigenvalue weighted by molar-refractivity contribution is 5.80. The molecule has 0 radical (unpaired) electrons. The lowest BCUT2D eigenvalue weighted by Crippen LogP contribution is -2.54. The Morgan fingerprint density at radius 3 is 2.48 bits per heavy atom. The van der Waals surface area contributed by atoms with Crippen LogP contribution in [0.5, 0.6) is 5.75 Å². The minimum atomic E-state index is -0.402. The third kappa shape index (κ3) is 4.68. The Balaban J connectivity index is 1.43. The number of ether oxygens (including phenoxy) is 1. The van der Waals surface area contributed by atoms with E-state index in [0.717, 1.165) is 42.8 Å². The first-order valence-electron chi connectivity index (χ1n) is 11.0. The summed E-state index contributed by atoms with van der Waals surface area (Å²) in [6, 6.07) is 7.10. The van der Waals surface area contributed by atoms with Crippen molar-refractivity contribution in [3.8, 4) is 5.75 Å². The molecule has 1 aromatic carbocycles. The maximum atomic E-state index is 13.1. The predicted octanol–water partition coefficient (Wildman–Crippen LogP) is 2.56. The summed E-state index contributed by atoms with van der Waals surface area (Å²) in [6.07, 6.45) is 7.90. The lowest BCUT2D eigenvalue weighted by molar-refractivity contribution is -0.136. The van der Waals surface area contributed by atoms with E-state index < -0.39 is 6.04 Å². The molecule has 31 heavy (non-hydrogen) atoms. The number of amides is 3. The Bertz CT molecular complexity index is 913. The van der Waals surface area contributed by atoms with E-state index in [0.29, 0.717) is 26.2 Å². The topological polar surface area (TPSA) is 79.7 Å². The molecule has 2 aliphatic rings. The molecule has 4 rings (SSSR count). The molecule has 2 aromatic rings. The van der Waals surface area contributed by atoms with Crippen LogP contribution in [0.3, 0.4) is 0 Å². The van der Waals surface area contributed by atoms with Crippen LogP contribution >= 0.6 is 0 Å². The molecule has 2 fully saturated rings. The zero-order valence-electron chi connectivity index (χ0n) is 18.3. The zero-order valence-corrected chi connectivity index (χ0v) is 18.3. The first kappa shape index (κ1) is 21.2. The number of nitrogens with zero attached hydrogens (tertiary/aromatic N) is 4. The number of hydrogen-bond acceptors (Lipinski definition) is 4. The molecule has 1 aliphatic heterocycles. The van der Waals surface area contributed by atoms with Gasteiger partial charge >= 0.3 is 6.03 Å². The van der Waals surface area contributed by atoms with Crippen molar-refractivity contribution in [1.29, 1.82) is 0 Å². The first-order valence-corrected chi connectivity index (χ1v) is 11.0. The van der Waals surface area contributed by atoms with Crippen molar-refractivity contribution in [2.75, 3.05) is 33.3 Å². The summed E-state index contributed by atoms with van der Waals surface area (Å²) in [4.78, 5) is 34.0. The van der Waals surface area contributed by atoms with E-state index in [1.54, 1.807) is 18.2 Å². The van der Waals surface area contributed by atoms with E-state index in [2.05, 4.69) is 10.3 Å². The lowest BCUT2D eigenvalue weighted by Gasteiger charge is -2.36. The number of aryl methyl sites for hydroxylation is 1. The summed E-state index contributed by atoms with van der Waals surface area (Å²) in [5, 5.41) is 3.14. The maximum absolute atomic E-state index is 13.1. The lowest BCUT2D eigenvalue weighted by atomic mass is 10.1. The summed E-state index contributed by atoms with van der Waals surface area (Å²) in [6.45, 7) is 2.26. The van der Waals surface area contributed by atoms with Crippen LogP contribution in [0, 0.1) is 5.92 Å². The summed E-state index contributed by atoms with van der Waals surface area (Å²) in [5.74, 6) is 1.92. The summed E-state index contributed by atoms with van der Waals surface area (Å²) >= 11 is 0. The van der Waals surface area contributed by atoms with Crippen LogP contribution in [-0.4, -0.2) is 64.6 Å². The van der Waals surface area contributed by atoms with Gasteiger partial charge in [-0.3, -0.25) is 4.79 Å². The number of imidazole rings is 1. The molecular weight excluding hydrogens is 394 g/mol. The highest BCUT2D eigenvalue weighted by Gasteiger charge is 2.31. The van der Waals surface area contributed by atoms with Crippen molar-refractivity contribution in [3.05, 3.63) is 48.0 Å². The average Bonchev–Trinajstić information content (AvgIpc) is 3.49. The second kappa shape index (κ2) is 9.41. The predicted molar refractivity (Wildman–Crippen MR) is 117 cm³/mol. The largest absolute Gasteiger partial charge is 0.497 e. The molecule has 1 saturated heterocycles. The van der Waals surface area contributed by atoms with Crippen LogP contribution in [0.15, 0.2) is 36.7 Å². The molecule has 1 saturated carbocycles. The van der Waals surface area contributed by atoms with Gasteiger partial charge in [0.25, 0.3) is 0 Å². The average molecular weight is 426 g/mol. The molecule has 1 N–H and O–H groups in total. The molecule has 2 heterocycles. The minimum Gasteiger partial charge on any atom is -0.497 e. The van der Waals surface area contributed by atoms with E-state index in [-0.39, 0.29) is 17.9 Å². The number of piperazine rings is 1. The van der Waals surface area contributed by atoms with E-state index in [9.17, 15) is 9.59 Å². The molecule has 0 bridgehead atoms. The Hall–Kier alpha value is -3.03. The maximum Gasteiger partial charge on any atom is 0.318 e. The number of urea groups is 1. The smallest absolute Gasteiger partial charge is 0.318 e. The molecular formula is C23H31N5O3. The quantitative estimate of drug-likeness (QED) is 0.799. The number of aromatic nitrogens is 2. The molecule has 1 aromatic heterocycles. The van der Waals surface area contributed by atoms with Crippen LogP contribution in [0.1, 0.15) is 43.1 Å². The zero-order chi connectivity index (χ0) is 21.8. The van der Waals surface area contributed by atoms with Crippen LogP contribution in [-0.2, 0) is 11.8 Å². The van der Waals surface area contributed by atoms with Crippen LogP contribution in [0.25, 0.3) is 0 Å². The Morgan fingerprint density at radius 2 is 1.84 bits per heavy atom. The van der Waals surface area contributed by atoms with Crippen LogP contribution in [0.4, 0.5) is 4.79 Å². The van der Waals surface area contributed by atoms with Crippen molar-refractivity contribution in [2.45, 2.75) is 31.7 Å². The number of methoxy groups -OCH3 is 1. The highest BCUT2D eigenvalue weighted by atomic mass is 16.5. The van der Waals surface area contributed by atoms with Gasteiger partial charge in [-0.1, -0.05) is 25.0 Å². The second-order valence-corrected chi connectivity index (χ2v) is 8.35. The Labute approximate surface area is 183 Å². The fraction of sp³-hybridized carbons (Fsp3) is 0.522. The number of rotatable bonds is 5. The second-order valence-electron chi connectivity index (χ2n) is 8.35. The first-order chi connectivity index (χ1) is 15.1. The Kier molecular flexibility index (Phi) is 6.44. The van der Waals surface area contributed by atoms with Gasteiger partial charge in [0.2, 0.25) is 5.91 Å². The van der Waals surface area contributed by atoms with Gasteiger partial charge in [-0.05, 0) is 30.5 Å². The summed E-state index contributed by atoms with van der Waals surface area (Å²) in [7, 11) is 3.54. The van der Waals surface area contributed by atoms with Crippen molar-refractivity contribution in [2.24, 2.45) is 13.0 Å². The monoisotopic (exact) mass is 425 g/mol. The molecule has 3 amide bonds. The van der Waals surface area contributed by atoms with Gasteiger partial charge in [-0.2, -0.15) is 0 Å². The van der Waals surface area contributed by atoms with Crippen molar-refractivity contribution in [1.82, 2.24) is 24.7 Å². The van der Waals surface area contributed by atoms with Gasteiger partial charge in [0.15, 0.2) is 0 Å². The SMILES string of the molecule is COc1cccc(C(NC(=O)N2CCN(C(=O)C3CCCC3)CC2)c2nccn2C)c1. The molecule has 1 aliphatic carbocycles. The number of carbonyl (C=O) groups excluding carboxylic acids is 2. The van der Waals surface area contributed by atoms with E-state index in [1.807, 2.05) is 47.0 Å². The fourth-order valence-corrected chi connectivity index (χ4v) is 4.55. The highest BCUT2D eigenvalue weighted by Crippen LogP contribution is 2.27. The van der Waals surface area contributed by atoms with Gasteiger partial charge in [0, 0.05) is 51.5 Å². The normalized spacial score (nSPS) is 18.1. The summed E-state index contributed by atoms with van der Waals surface area (Å²) in [5.41, 5.74) is 0.900. The standard InChI is InChI=1S/C23H31N5O3/c1-26-11-10-24-21(26)20(18-8-5-9-19(16-18)31-2)25-23(30)28-14-12-27(13-15-28)22(29)17-6-3-4-7-17/h5,8-11,16-17,20H,3-4,6-7,12-15H2,1-2H3,(H,25,30). The molecule has 1 atom stereocenters. The van der Waals surface area contributed by atoms with Crippen LogP contribution < -0.4 is 10.1 Å². The van der Waals surface area contributed by atoms with E-state index in [4.69, 9.17) is 4.74 Å². The number of nitrogens with one attached hydrogen (secondary N) is 1. The fourth-order valence-electron chi connectivity index (χ4n) is 4.55. The third-order valence-corrected chi connectivity index (χ3v) is 6.39. The number of carbonyl (C=O) groups is 2. The third-order valence-electron chi connectivity index (χ3n) is 6.39. The van der Waals surface area contributed by atoms with Gasteiger partial charge in [-0.15, -0.1) is 0 Å². The van der Waals surface area contributed by atoms with Gasteiger partial charge in [-0.25, -0.2) is 9.78 Å². The molecule has 1 unspecified atom stereocenters. The molecule has 8 heteroatoms. The van der Waals surface area contributed by atoms with E-state index >= 15 is 0 Å². The molecule has 0 spiro atoms. The number of benzene rings is 1. The Morgan fingerprint density at radius 1 is 1.13 bits per heavy atom. The molecule has 8 nitrogen and oxygen atoms in total. The van der Waals surface area contributed by atoms with Crippen LogP contribution in [0.2, 0.25) is 0 Å². The minimum absolute atomic E-state index is 0.149. The van der Waals surface area contributed by atoms with Gasteiger partial charge < -0.3 is 24.4 Å².